The Morgan fingerprint density at radius 1 is 1.33 bits per heavy atom. The first-order valence-corrected chi connectivity index (χ1v) is 6.48. The standard InChI is InChI=1S/C14H23NO3/c1-10(13(17)18-14(2,3)4)15-12(16)11-8-6-5-7-9-11/h5-6,10-11H,7-9H2,1-4H3,(H,15,16)/t10-,11?/m1/s1. The number of esters is 1. The summed E-state index contributed by atoms with van der Waals surface area (Å²) in [6.45, 7) is 7.09. The Labute approximate surface area is 109 Å². The van der Waals surface area contributed by atoms with E-state index < -0.39 is 11.6 Å². The minimum atomic E-state index is -0.595. The van der Waals surface area contributed by atoms with Crippen LogP contribution in [0.4, 0.5) is 0 Å². The average Bonchev–Trinajstić information content (AvgIpc) is 2.27. The molecule has 0 aliphatic heterocycles. The molecule has 0 bridgehead atoms. The van der Waals surface area contributed by atoms with Gasteiger partial charge in [0.25, 0.3) is 0 Å². The van der Waals surface area contributed by atoms with Crippen molar-refractivity contribution in [1.29, 1.82) is 0 Å². The second-order valence-electron chi connectivity index (χ2n) is 5.75. The monoisotopic (exact) mass is 253 g/mol. The molecule has 1 aliphatic rings. The molecule has 0 aromatic heterocycles. The molecule has 1 amide bonds. The van der Waals surface area contributed by atoms with Crippen LogP contribution in [-0.4, -0.2) is 23.5 Å². The van der Waals surface area contributed by atoms with Crippen LogP contribution < -0.4 is 5.32 Å². The average molecular weight is 253 g/mol. The molecule has 0 saturated carbocycles. The van der Waals surface area contributed by atoms with Gasteiger partial charge in [0.1, 0.15) is 11.6 Å². The fraction of sp³-hybridized carbons (Fsp3) is 0.714. The van der Waals surface area contributed by atoms with Crippen LogP contribution in [0.25, 0.3) is 0 Å². The van der Waals surface area contributed by atoms with Crippen LogP contribution in [0.3, 0.4) is 0 Å². The number of hydrogen-bond donors (Lipinski definition) is 1. The number of ether oxygens (including phenoxy) is 1. The summed E-state index contributed by atoms with van der Waals surface area (Å²) in [6.07, 6.45) is 6.64. The first-order valence-electron chi connectivity index (χ1n) is 6.48. The molecule has 2 atom stereocenters. The maximum atomic E-state index is 11.9. The predicted molar refractivity (Wildman–Crippen MR) is 69.9 cm³/mol. The molecule has 1 rings (SSSR count). The van der Waals surface area contributed by atoms with Crippen LogP contribution in [0.15, 0.2) is 12.2 Å². The van der Waals surface area contributed by atoms with Gasteiger partial charge in [0.05, 0.1) is 0 Å². The number of carbonyl (C=O) groups is 2. The van der Waals surface area contributed by atoms with Gasteiger partial charge in [0.2, 0.25) is 5.91 Å². The van der Waals surface area contributed by atoms with Crippen LogP contribution >= 0.6 is 0 Å². The van der Waals surface area contributed by atoms with E-state index in [1.54, 1.807) is 6.92 Å². The van der Waals surface area contributed by atoms with Crippen molar-refractivity contribution in [3.05, 3.63) is 12.2 Å². The van der Waals surface area contributed by atoms with Gasteiger partial charge >= 0.3 is 5.97 Å². The highest BCUT2D eigenvalue weighted by Crippen LogP contribution is 2.18. The molecule has 0 saturated heterocycles. The summed E-state index contributed by atoms with van der Waals surface area (Å²) in [4.78, 5) is 23.7. The minimum absolute atomic E-state index is 0.0140. The number of hydrogen-bond acceptors (Lipinski definition) is 3. The first-order chi connectivity index (χ1) is 8.29. The van der Waals surface area contributed by atoms with Crippen LogP contribution in [0.1, 0.15) is 47.0 Å². The third-order valence-electron chi connectivity index (χ3n) is 2.76. The van der Waals surface area contributed by atoms with E-state index in [1.165, 1.54) is 0 Å². The minimum Gasteiger partial charge on any atom is -0.458 e. The topological polar surface area (TPSA) is 55.4 Å². The van der Waals surface area contributed by atoms with E-state index in [0.717, 1.165) is 19.3 Å². The van der Waals surface area contributed by atoms with E-state index >= 15 is 0 Å². The van der Waals surface area contributed by atoms with Gasteiger partial charge in [-0.1, -0.05) is 12.2 Å². The van der Waals surface area contributed by atoms with Gasteiger partial charge in [-0.2, -0.15) is 0 Å². The second-order valence-corrected chi connectivity index (χ2v) is 5.75. The Morgan fingerprint density at radius 2 is 2.00 bits per heavy atom. The van der Waals surface area contributed by atoms with Gasteiger partial charge in [0.15, 0.2) is 0 Å². The third-order valence-corrected chi connectivity index (χ3v) is 2.76. The molecule has 0 aromatic rings. The molecule has 1 aliphatic carbocycles. The van der Waals surface area contributed by atoms with Gasteiger partial charge in [-0.05, 0) is 47.0 Å². The Hall–Kier alpha value is -1.32. The molecule has 102 valence electrons. The molecular formula is C14H23NO3. The normalized spacial score (nSPS) is 21.2. The highest BCUT2D eigenvalue weighted by Gasteiger charge is 2.26. The lowest BCUT2D eigenvalue weighted by Crippen LogP contribution is -2.44. The zero-order chi connectivity index (χ0) is 13.8. The largest absolute Gasteiger partial charge is 0.458 e. The summed E-state index contributed by atoms with van der Waals surface area (Å²) in [5, 5.41) is 2.72. The summed E-state index contributed by atoms with van der Waals surface area (Å²) in [6, 6.07) is -0.595. The Bertz CT molecular complexity index is 341. The summed E-state index contributed by atoms with van der Waals surface area (Å²) < 4.78 is 5.22. The number of carbonyl (C=O) groups excluding carboxylic acids is 2. The number of amides is 1. The molecule has 4 nitrogen and oxygen atoms in total. The van der Waals surface area contributed by atoms with Crippen molar-refractivity contribution in [3.63, 3.8) is 0 Å². The van der Waals surface area contributed by atoms with Crippen molar-refractivity contribution in [2.45, 2.75) is 58.6 Å². The Morgan fingerprint density at radius 3 is 2.50 bits per heavy atom. The Kier molecular flexibility index (Phi) is 4.93. The number of rotatable bonds is 3. The smallest absolute Gasteiger partial charge is 0.328 e. The van der Waals surface area contributed by atoms with Gasteiger partial charge in [-0.25, -0.2) is 4.79 Å². The molecular weight excluding hydrogens is 230 g/mol. The molecule has 4 heteroatoms. The summed E-state index contributed by atoms with van der Waals surface area (Å²) in [5.74, 6) is -0.459. The van der Waals surface area contributed by atoms with Gasteiger partial charge in [-0.15, -0.1) is 0 Å². The lowest BCUT2D eigenvalue weighted by Gasteiger charge is -2.24. The zero-order valence-electron chi connectivity index (χ0n) is 11.7. The molecule has 18 heavy (non-hydrogen) atoms. The van der Waals surface area contributed by atoms with Crippen molar-refractivity contribution in [2.24, 2.45) is 5.92 Å². The third kappa shape index (κ3) is 4.90. The zero-order valence-corrected chi connectivity index (χ0v) is 11.7. The van der Waals surface area contributed by atoms with Crippen LogP contribution in [0.2, 0.25) is 0 Å². The van der Waals surface area contributed by atoms with Crippen molar-refractivity contribution in [3.8, 4) is 0 Å². The molecule has 0 heterocycles. The lowest BCUT2D eigenvalue weighted by atomic mass is 9.93. The molecule has 0 fully saturated rings. The fourth-order valence-electron chi connectivity index (χ4n) is 1.81. The quantitative estimate of drug-likeness (QED) is 0.619. The van der Waals surface area contributed by atoms with Crippen LogP contribution in [0.5, 0.6) is 0 Å². The highest BCUT2D eigenvalue weighted by atomic mass is 16.6. The highest BCUT2D eigenvalue weighted by molar-refractivity contribution is 5.85. The molecule has 0 spiro atoms. The molecule has 1 N–H and O–H groups in total. The van der Waals surface area contributed by atoms with E-state index in [1.807, 2.05) is 26.8 Å². The van der Waals surface area contributed by atoms with Gasteiger partial charge in [0, 0.05) is 5.92 Å². The molecule has 0 aromatic carbocycles. The predicted octanol–water partition coefficient (Wildman–Crippen LogP) is 2.19. The SMILES string of the molecule is C[C@@H](NC(=O)C1CC=CCC1)C(=O)OC(C)(C)C. The molecule has 1 unspecified atom stereocenters. The van der Waals surface area contributed by atoms with Crippen LogP contribution in [-0.2, 0) is 14.3 Å². The van der Waals surface area contributed by atoms with E-state index in [-0.39, 0.29) is 17.8 Å². The van der Waals surface area contributed by atoms with E-state index in [0.29, 0.717) is 0 Å². The number of allylic oxidation sites excluding steroid dienone is 2. The van der Waals surface area contributed by atoms with E-state index in [4.69, 9.17) is 4.74 Å². The maximum Gasteiger partial charge on any atom is 0.328 e. The van der Waals surface area contributed by atoms with Crippen LogP contribution in [0, 0.1) is 5.92 Å². The number of nitrogens with one attached hydrogen (secondary N) is 1. The second kappa shape index (κ2) is 6.03. The van der Waals surface area contributed by atoms with Crippen molar-refractivity contribution in [1.82, 2.24) is 5.32 Å². The summed E-state index contributed by atoms with van der Waals surface area (Å²) >= 11 is 0. The van der Waals surface area contributed by atoms with Crippen molar-refractivity contribution in [2.75, 3.05) is 0 Å². The van der Waals surface area contributed by atoms with Crippen molar-refractivity contribution < 1.29 is 14.3 Å². The Balaban J connectivity index is 2.43. The fourth-order valence-corrected chi connectivity index (χ4v) is 1.81. The van der Waals surface area contributed by atoms with Crippen molar-refractivity contribution >= 4 is 11.9 Å². The van der Waals surface area contributed by atoms with E-state index in [9.17, 15) is 9.59 Å². The van der Waals surface area contributed by atoms with E-state index in [2.05, 4.69) is 11.4 Å². The molecule has 0 radical (unpaired) electrons. The first kappa shape index (κ1) is 14.7. The lowest BCUT2D eigenvalue weighted by molar-refractivity contribution is -0.158. The van der Waals surface area contributed by atoms with Gasteiger partial charge in [-0.3, -0.25) is 4.79 Å². The maximum absolute atomic E-state index is 11.9. The van der Waals surface area contributed by atoms with Gasteiger partial charge < -0.3 is 10.1 Å². The summed E-state index contributed by atoms with van der Waals surface area (Å²) in [7, 11) is 0. The summed E-state index contributed by atoms with van der Waals surface area (Å²) in [5.41, 5.74) is -0.524.